The van der Waals surface area contributed by atoms with Crippen molar-refractivity contribution in [2.45, 2.75) is 18.8 Å². The van der Waals surface area contributed by atoms with Crippen LogP contribution >= 0.6 is 0 Å². The summed E-state index contributed by atoms with van der Waals surface area (Å²) >= 11 is 0. The molecular weight excluding hydrogens is 841 g/mol. The number of aryl methyl sites for hydroxylation is 1. The molecule has 13 aromatic rings. The van der Waals surface area contributed by atoms with E-state index in [4.69, 9.17) is 19.4 Å². The van der Waals surface area contributed by atoms with Crippen LogP contribution in [-0.4, -0.2) is 19.5 Å². The Bertz CT molecular complexity index is 4130. The van der Waals surface area contributed by atoms with E-state index in [1.807, 2.05) is 12.1 Å². The van der Waals surface area contributed by atoms with Crippen LogP contribution in [0.3, 0.4) is 0 Å². The van der Waals surface area contributed by atoms with Crippen LogP contribution in [0.2, 0.25) is 0 Å². The van der Waals surface area contributed by atoms with Gasteiger partial charge in [-0.1, -0.05) is 176 Å². The van der Waals surface area contributed by atoms with Gasteiger partial charge in [0, 0.05) is 44.3 Å². The molecule has 5 nitrogen and oxygen atoms in total. The second kappa shape index (κ2) is 15.9. The summed E-state index contributed by atoms with van der Waals surface area (Å²) in [5.74, 6) is 1.85. The lowest BCUT2D eigenvalue weighted by molar-refractivity contribution is 0.668. The minimum absolute atomic E-state index is 0.0951. The Hall–Kier alpha value is -8.93. The molecule has 1 aliphatic carbocycles. The van der Waals surface area contributed by atoms with Crippen LogP contribution in [-0.2, 0) is 6.42 Å². The van der Waals surface area contributed by atoms with Crippen molar-refractivity contribution in [3.05, 3.63) is 241 Å². The predicted molar refractivity (Wildman–Crippen MR) is 283 cm³/mol. The zero-order valence-corrected chi connectivity index (χ0v) is 37.6. The van der Waals surface area contributed by atoms with E-state index in [2.05, 4.69) is 217 Å². The molecule has 0 aliphatic heterocycles. The maximum atomic E-state index is 6.90. The van der Waals surface area contributed by atoms with Gasteiger partial charge in [-0.05, 0) is 111 Å². The average molecular weight is 883 g/mol. The molecule has 324 valence electrons. The molecule has 0 spiro atoms. The second-order valence-electron chi connectivity index (χ2n) is 18.2. The summed E-state index contributed by atoms with van der Waals surface area (Å²) in [6, 6.07) is 80.3. The second-order valence-corrected chi connectivity index (χ2v) is 18.2. The smallest absolute Gasteiger partial charge is 0.167 e. The Morgan fingerprint density at radius 1 is 0.420 bits per heavy atom. The molecule has 1 aliphatic rings. The van der Waals surface area contributed by atoms with Gasteiger partial charge in [-0.2, -0.15) is 0 Å². The number of fused-ring (bicyclic) bond motifs is 10. The number of para-hydroxylation sites is 3. The van der Waals surface area contributed by atoms with Gasteiger partial charge in [0.25, 0.3) is 0 Å². The molecule has 3 aromatic heterocycles. The van der Waals surface area contributed by atoms with Gasteiger partial charge in [0.05, 0.1) is 16.6 Å². The topological polar surface area (TPSA) is 56.7 Å². The summed E-state index contributed by atoms with van der Waals surface area (Å²) in [6.45, 7) is 0. The molecule has 14 rings (SSSR count). The number of rotatable bonds is 6. The zero-order chi connectivity index (χ0) is 45.4. The first-order chi connectivity index (χ1) is 34.2. The highest BCUT2D eigenvalue weighted by Gasteiger charge is 2.28. The van der Waals surface area contributed by atoms with Crippen molar-refractivity contribution in [3.63, 3.8) is 0 Å². The van der Waals surface area contributed by atoms with Gasteiger partial charge < -0.3 is 8.98 Å². The average Bonchev–Trinajstić information content (AvgIpc) is 3.92. The highest BCUT2D eigenvalue weighted by atomic mass is 16.3. The summed E-state index contributed by atoms with van der Waals surface area (Å²) in [6.07, 6.45) is 1.89. The summed E-state index contributed by atoms with van der Waals surface area (Å²) in [5, 5.41) is 6.87. The molecular formula is C64H42N4O. The van der Waals surface area contributed by atoms with Crippen LogP contribution in [0.5, 0.6) is 0 Å². The van der Waals surface area contributed by atoms with Crippen LogP contribution in [0.25, 0.3) is 117 Å². The first kappa shape index (κ1) is 39.3. The molecule has 0 bridgehead atoms. The number of nitrogens with zero attached hydrogens (tertiary/aromatic N) is 4. The van der Waals surface area contributed by atoms with Gasteiger partial charge in [0.2, 0.25) is 0 Å². The van der Waals surface area contributed by atoms with E-state index >= 15 is 0 Å². The van der Waals surface area contributed by atoms with Crippen LogP contribution in [0.4, 0.5) is 0 Å². The molecule has 0 amide bonds. The maximum absolute atomic E-state index is 6.90. The lowest BCUT2D eigenvalue weighted by Gasteiger charge is -2.20. The normalized spacial score (nSPS) is 13.5. The molecule has 69 heavy (non-hydrogen) atoms. The summed E-state index contributed by atoms with van der Waals surface area (Å²) in [5.41, 5.74) is 16.4. The third kappa shape index (κ3) is 6.50. The Kier molecular flexibility index (Phi) is 9.02. The van der Waals surface area contributed by atoms with Crippen molar-refractivity contribution in [1.82, 2.24) is 19.5 Å². The third-order valence-corrected chi connectivity index (χ3v) is 14.3. The van der Waals surface area contributed by atoms with Crippen LogP contribution < -0.4 is 0 Å². The highest BCUT2D eigenvalue weighted by Crippen LogP contribution is 2.46. The van der Waals surface area contributed by atoms with Gasteiger partial charge in [0.1, 0.15) is 11.2 Å². The van der Waals surface area contributed by atoms with Gasteiger partial charge in [-0.25, -0.2) is 15.0 Å². The Balaban J connectivity index is 1.01. The first-order valence-electron chi connectivity index (χ1n) is 23.8. The lowest BCUT2D eigenvalue weighted by atomic mass is 9.84. The SMILES string of the molecule is c1ccc(-c2ccc(-c3nc(-c4cc(C5CCc6cc7ccccc7cc6-c6ccccc65)cc5c4oc4ccccc45)nc(-c4cccc5c4c4ccccc4n5-c4ccccc4)n3)cc2)cc1. The molecule has 0 N–H and O–H groups in total. The van der Waals surface area contributed by atoms with Crippen LogP contribution in [0.1, 0.15) is 29.0 Å². The number of aromatic nitrogens is 4. The van der Waals surface area contributed by atoms with Gasteiger partial charge in [0.15, 0.2) is 17.5 Å². The van der Waals surface area contributed by atoms with E-state index in [0.29, 0.717) is 17.5 Å². The highest BCUT2D eigenvalue weighted by molar-refractivity contribution is 6.15. The minimum atomic E-state index is 0.0951. The Morgan fingerprint density at radius 2 is 1.04 bits per heavy atom. The van der Waals surface area contributed by atoms with E-state index < -0.39 is 0 Å². The summed E-state index contributed by atoms with van der Waals surface area (Å²) < 4.78 is 9.24. The number of hydrogen-bond acceptors (Lipinski definition) is 4. The van der Waals surface area contributed by atoms with E-state index in [-0.39, 0.29) is 5.92 Å². The molecule has 5 heteroatoms. The molecule has 1 atom stereocenters. The van der Waals surface area contributed by atoms with Gasteiger partial charge in [-0.15, -0.1) is 0 Å². The number of benzene rings is 10. The molecule has 0 radical (unpaired) electrons. The first-order valence-corrected chi connectivity index (χ1v) is 23.8. The monoisotopic (exact) mass is 882 g/mol. The molecule has 0 saturated heterocycles. The van der Waals surface area contributed by atoms with E-state index in [9.17, 15) is 0 Å². The standard InChI is InChI=1S/C64H42N4O/c1-3-16-40(17-4-1)41-30-32-42(33-31-41)62-65-63(53-26-15-28-58-60(53)52-25-11-13-27-57(52)68(58)47-20-5-2-6-21-47)67-64(66-62)56-39-46(38-55-51-24-12-14-29-59(51)69-61(55)56)48-35-34-45-36-43-18-7-8-19-44(43)37-54(45)50-23-10-9-22-49(48)50/h1-33,36-39,48H,34-35H2. The van der Waals surface area contributed by atoms with Crippen molar-refractivity contribution in [2.24, 2.45) is 0 Å². The van der Waals surface area contributed by atoms with Crippen molar-refractivity contribution in [1.29, 1.82) is 0 Å². The molecule has 1 unspecified atom stereocenters. The van der Waals surface area contributed by atoms with Gasteiger partial charge >= 0.3 is 0 Å². The maximum Gasteiger partial charge on any atom is 0.167 e. The van der Waals surface area contributed by atoms with Gasteiger partial charge in [-0.3, -0.25) is 0 Å². The minimum Gasteiger partial charge on any atom is -0.455 e. The fraction of sp³-hybridized carbons (Fsp3) is 0.0469. The van der Waals surface area contributed by atoms with E-state index in [0.717, 1.165) is 90.1 Å². The Labute approximate surface area is 398 Å². The number of hydrogen-bond donors (Lipinski definition) is 0. The molecule has 3 heterocycles. The third-order valence-electron chi connectivity index (χ3n) is 14.3. The van der Waals surface area contributed by atoms with Crippen molar-refractivity contribution >= 4 is 54.5 Å². The Morgan fingerprint density at radius 3 is 1.88 bits per heavy atom. The predicted octanol–water partition coefficient (Wildman–Crippen LogP) is 16.4. The van der Waals surface area contributed by atoms with Crippen LogP contribution in [0, 0.1) is 0 Å². The molecule has 0 fully saturated rings. The van der Waals surface area contributed by atoms with Crippen molar-refractivity contribution in [2.75, 3.05) is 0 Å². The van der Waals surface area contributed by atoms with Crippen LogP contribution in [0.15, 0.2) is 229 Å². The molecule has 0 saturated carbocycles. The van der Waals surface area contributed by atoms with E-state index in [1.54, 1.807) is 0 Å². The fourth-order valence-corrected chi connectivity index (χ4v) is 11.1. The van der Waals surface area contributed by atoms with Crippen molar-refractivity contribution in [3.8, 4) is 62.1 Å². The largest absolute Gasteiger partial charge is 0.455 e. The van der Waals surface area contributed by atoms with E-state index in [1.165, 1.54) is 38.6 Å². The number of furan rings is 1. The zero-order valence-electron chi connectivity index (χ0n) is 37.6. The molecule has 10 aromatic carbocycles. The fourth-order valence-electron chi connectivity index (χ4n) is 11.1. The lowest BCUT2D eigenvalue weighted by Crippen LogP contribution is -2.04. The quantitative estimate of drug-likeness (QED) is 0.167. The van der Waals surface area contributed by atoms with Crippen molar-refractivity contribution < 1.29 is 4.42 Å². The summed E-state index contributed by atoms with van der Waals surface area (Å²) in [7, 11) is 0. The summed E-state index contributed by atoms with van der Waals surface area (Å²) in [4.78, 5) is 16.4.